The average molecular weight is 303 g/mol. The molecule has 6 heteroatoms. The van der Waals surface area contributed by atoms with E-state index in [1.165, 1.54) is 36.0 Å². The minimum absolute atomic E-state index is 0.0378. The fourth-order valence-corrected chi connectivity index (χ4v) is 3.28. The van der Waals surface area contributed by atoms with Gasteiger partial charge < -0.3 is 10.2 Å². The highest BCUT2D eigenvalue weighted by Crippen LogP contribution is 2.32. The fraction of sp³-hybridized carbons (Fsp3) is 0.333. The van der Waals surface area contributed by atoms with Crippen molar-refractivity contribution in [3.63, 3.8) is 0 Å². The molecule has 3 rings (SSSR count). The second-order valence-corrected chi connectivity index (χ2v) is 5.85. The van der Waals surface area contributed by atoms with Crippen LogP contribution in [-0.2, 0) is 0 Å². The second kappa shape index (κ2) is 5.73. The number of phenols is 2. The maximum atomic E-state index is 10.1. The van der Waals surface area contributed by atoms with Crippen molar-refractivity contribution in [3.8, 4) is 22.8 Å². The van der Waals surface area contributed by atoms with Crippen LogP contribution in [0.15, 0.2) is 33.7 Å². The van der Waals surface area contributed by atoms with Gasteiger partial charge in [0.05, 0.1) is 5.69 Å². The molecule has 1 fully saturated rings. The molecule has 1 aliphatic carbocycles. The Labute approximate surface area is 126 Å². The van der Waals surface area contributed by atoms with Gasteiger partial charge >= 0.3 is 0 Å². The molecule has 0 saturated heterocycles. The van der Waals surface area contributed by atoms with E-state index >= 15 is 0 Å². The highest BCUT2D eigenvalue weighted by molar-refractivity contribution is 7.07. The SMILES string of the molecule is CN=c1scc(-c2ccc(O)cc2O)n1N=C1CCCC1. The van der Waals surface area contributed by atoms with Crippen LogP contribution in [0.1, 0.15) is 25.7 Å². The van der Waals surface area contributed by atoms with Crippen LogP contribution in [0.25, 0.3) is 11.3 Å². The van der Waals surface area contributed by atoms with Crippen LogP contribution in [0, 0.1) is 0 Å². The Morgan fingerprint density at radius 3 is 2.62 bits per heavy atom. The highest BCUT2D eigenvalue weighted by Gasteiger charge is 2.14. The number of rotatable bonds is 2. The maximum absolute atomic E-state index is 10.1. The normalized spacial score (nSPS) is 15.7. The molecule has 1 saturated carbocycles. The Morgan fingerprint density at radius 1 is 1.19 bits per heavy atom. The Hall–Kier alpha value is -2.08. The first-order valence-electron chi connectivity index (χ1n) is 6.91. The predicted octanol–water partition coefficient (Wildman–Crippen LogP) is 2.94. The first-order chi connectivity index (χ1) is 10.2. The lowest BCUT2D eigenvalue weighted by molar-refractivity contribution is 0.451. The number of hydrogen-bond acceptors (Lipinski definition) is 5. The van der Waals surface area contributed by atoms with Crippen LogP contribution in [0.4, 0.5) is 0 Å². The van der Waals surface area contributed by atoms with E-state index in [0.717, 1.165) is 23.3 Å². The van der Waals surface area contributed by atoms with E-state index in [9.17, 15) is 10.2 Å². The van der Waals surface area contributed by atoms with E-state index < -0.39 is 0 Å². The molecule has 0 radical (unpaired) electrons. The van der Waals surface area contributed by atoms with Gasteiger partial charge in [0, 0.05) is 29.8 Å². The largest absolute Gasteiger partial charge is 0.508 e. The Morgan fingerprint density at radius 2 is 1.95 bits per heavy atom. The summed E-state index contributed by atoms with van der Waals surface area (Å²) < 4.78 is 1.79. The van der Waals surface area contributed by atoms with Crippen LogP contribution in [-0.4, -0.2) is 27.6 Å². The summed E-state index contributed by atoms with van der Waals surface area (Å²) in [5.74, 6) is 0.0800. The van der Waals surface area contributed by atoms with E-state index in [2.05, 4.69) is 4.99 Å². The van der Waals surface area contributed by atoms with Crippen molar-refractivity contribution in [1.29, 1.82) is 0 Å². The van der Waals surface area contributed by atoms with Crippen LogP contribution < -0.4 is 4.80 Å². The van der Waals surface area contributed by atoms with Crippen molar-refractivity contribution in [2.45, 2.75) is 25.7 Å². The van der Waals surface area contributed by atoms with Gasteiger partial charge in [0.1, 0.15) is 11.5 Å². The lowest BCUT2D eigenvalue weighted by Gasteiger charge is -2.07. The zero-order valence-corrected chi connectivity index (χ0v) is 12.6. The molecule has 2 aromatic rings. The average Bonchev–Trinajstić information content (AvgIpc) is 3.09. The van der Waals surface area contributed by atoms with Crippen LogP contribution in [0.2, 0.25) is 0 Å². The van der Waals surface area contributed by atoms with Gasteiger partial charge in [-0.1, -0.05) is 0 Å². The topological polar surface area (TPSA) is 70.1 Å². The van der Waals surface area contributed by atoms with Gasteiger partial charge in [0.25, 0.3) is 0 Å². The van der Waals surface area contributed by atoms with E-state index in [1.54, 1.807) is 23.9 Å². The molecule has 110 valence electrons. The third-order valence-corrected chi connectivity index (χ3v) is 4.46. The Bertz CT molecular complexity index is 751. The molecule has 0 atom stereocenters. The van der Waals surface area contributed by atoms with Crippen LogP contribution in [0.3, 0.4) is 0 Å². The third kappa shape index (κ3) is 2.71. The van der Waals surface area contributed by atoms with E-state index in [4.69, 9.17) is 5.10 Å². The molecule has 1 aliphatic rings. The number of aromatic nitrogens is 1. The molecule has 21 heavy (non-hydrogen) atoms. The number of phenolic OH excluding ortho intramolecular Hbond substituents is 2. The summed E-state index contributed by atoms with van der Waals surface area (Å²) in [5, 5.41) is 26.1. The molecule has 1 aromatic carbocycles. The van der Waals surface area contributed by atoms with Gasteiger partial charge in [-0.05, 0) is 37.8 Å². The summed E-state index contributed by atoms with van der Waals surface area (Å²) in [4.78, 5) is 5.04. The van der Waals surface area contributed by atoms with E-state index in [-0.39, 0.29) is 11.5 Å². The maximum Gasteiger partial charge on any atom is 0.205 e. The molecule has 1 aromatic heterocycles. The molecule has 2 N–H and O–H groups in total. The quantitative estimate of drug-likeness (QED) is 0.895. The minimum Gasteiger partial charge on any atom is -0.508 e. The lowest BCUT2D eigenvalue weighted by atomic mass is 10.1. The molecule has 0 aliphatic heterocycles. The summed E-state index contributed by atoms with van der Waals surface area (Å²) in [6.45, 7) is 0. The monoisotopic (exact) mass is 303 g/mol. The number of nitrogens with zero attached hydrogens (tertiary/aromatic N) is 3. The summed E-state index contributed by atoms with van der Waals surface area (Å²) in [7, 11) is 1.73. The first-order valence-corrected chi connectivity index (χ1v) is 7.79. The molecule has 0 spiro atoms. The molecular weight excluding hydrogens is 286 g/mol. The van der Waals surface area contributed by atoms with Gasteiger partial charge in [-0.3, -0.25) is 4.99 Å². The van der Waals surface area contributed by atoms with Gasteiger partial charge in [-0.25, -0.2) is 4.68 Å². The molecule has 0 bridgehead atoms. The van der Waals surface area contributed by atoms with Gasteiger partial charge in [0.15, 0.2) is 0 Å². The smallest absolute Gasteiger partial charge is 0.205 e. The van der Waals surface area contributed by atoms with Gasteiger partial charge in [0.2, 0.25) is 4.80 Å². The molecular formula is C15H17N3O2S. The van der Waals surface area contributed by atoms with Crippen molar-refractivity contribution in [2.75, 3.05) is 7.05 Å². The summed E-state index contributed by atoms with van der Waals surface area (Å²) in [6, 6.07) is 4.59. The highest BCUT2D eigenvalue weighted by atomic mass is 32.1. The minimum atomic E-state index is 0.0378. The summed E-state index contributed by atoms with van der Waals surface area (Å²) in [5.41, 5.74) is 2.60. The molecule has 1 heterocycles. The number of aromatic hydroxyl groups is 2. The van der Waals surface area contributed by atoms with Gasteiger partial charge in [-0.2, -0.15) is 5.10 Å². The van der Waals surface area contributed by atoms with Crippen LogP contribution in [0.5, 0.6) is 11.5 Å². The molecule has 0 unspecified atom stereocenters. The van der Waals surface area contributed by atoms with Crippen molar-refractivity contribution >= 4 is 17.0 Å². The summed E-state index contributed by atoms with van der Waals surface area (Å²) >= 11 is 1.48. The Balaban J connectivity index is 2.15. The third-order valence-electron chi connectivity index (χ3n) is 3.56. The van der Waals surface area contributed by atoms with E-state index in [1.807, 2.05) is 5.38 Å². The first kappa shape index (κ1) is 13.9. The number of hydrogen-bond donors (Lipinski definition) is 2. The van der Waals surface area contributed by atoms with Crippen molar-refractivity contribution in [1.82, 2.24) is 4.68 Å². The zero-order valence-electron chi connectivity index (χ0n) is 11.8. The zero-order chi connectivity index (χ0) is 14.8. The van der Waals surface area contributed by atoms with Crippen molar-refractivity contribution in [2.24, 2.45) is 10.1 Å². The van der Waals surface area contributed by atoms with Crippen molar-refractivity contribution in [3.05, 3.63) is 28.4 Å². The van der Waals surface area contributed by atoms with Crippen LogP contribution >= 0.6 is 11.3 Å². The summed E-state index contributed by atoms with van der Waals surface area (Å²) in [6.07, 6.45) is 4.41. The predicted molar refractivity (Wildman–Crippen MR) is 83.9 cm³/mol. The standard InChI is InChI=1S/C15H17N3O2S/c1-16-15-18(17-10-4-2-3-5-10)13(9-21-15)12-7-6-11(19)8-14(12)20/h6-9,19-20H,2-5H2,1H3. The van der Waals surface area contributed by atoms with E-state index in [0.29, 0.717) is 5.56 Å². The Kier molecular flexibility index (Phi) is 3.79. The van der Waals surface area contributed by atoms with Crippen molar-refractivity contribution < 1.29 is 10.2 Å². The second-order valence-electron chi connectivity index (χ2n) is 5.01. The fourth-order valence-electron chi connectivity index (χ4n) is 2.49. The number of thiazole rings is 1. The molecule has 0 amide bonds. The van der Waals surface area contributed by atoms with Gasteiger partial charge in [-0.15, -0.1) is 11.3 Å². The molecule has 5 nitrogen and oxygen atoms in total. The number of benzene rings is 1. The lowest BCUT2D eigenvalue weighted by Crippen LogP contribution is -2.13.